The average molecular weight is 599 g/mol. The number of nitrogens with zero attached hydrogens (tertiary/aromatic N) is 4. The molecule has 0 saturated carbocycles. The first-order valence-corrected chi connectivity index (χ1v) is 14.8. The van der Waals surface area contributed by atoms with Gasteiger partial charge in [-0.25, -0.2) is 14.2 Å². The van der Waals surface area contributed by atoms with Crippen LogP contribution in [0.1, 0.15) is 45.8 Å². The number of benzene rings is 4. The maximum absolute atomic E-state index is 14.0. The number of halogens is 1. The molecule has 6 nitrogen and oxygen atoms in total. The predicted octanol–water partition coefficient (Wildman–Crippen LogP) is 9.20. The number of rotatable bonds is 7. The molecule has 0 bridgehead atoms. The van der Waals surface area contributed by atoms with Crippen LogP contribution >= 0.6 is 11.9 Å². The molecule has 0 aliphatic heterocycles. The van der Waals surface area contributed by atoms with Crippen molar-refractivity contribution in [1.29, 1.82) is 5.26 Å². The van der Waals surface area contributed by atoms with Crippen molar-refractivity contribution in [2.45, 2.75) is 31.8 Å². The first-order chi connectivity index (χ1) is 21.2. The molecule has 1 N–H and O–H groups in total. The van der Waals surface area contributed by atoms with Crippen molar-refractivity contribution in [2.75, 3.05) is 0 Å². The number of carboxylic acids is 1. The van der Waals surface area contributed by atoms with Crippen LogP contribution in [0.4, 0.5) is 4.39 Å². The number of aromatic carboxylic acids is 1. The lowest BCUT2D eigenvalue weighted by Crippen LogP contribution is -1.98. The van der Waals surface area contributed by atoms with Gasteiger partial charge in [0.05, 0.1) is 16.8 Å². The van der Waals surface area contributed by atoms with Crippen LogP contribution in [0.25, 0.3) is 44.5 Å². The van der Waals surface area contributed by atoms with Crippen LogP contribution < -0.4 is 0 Å². The summed E-state index contributed by atoms with van der Waals surface area (Å²) in [5.41, 5.74) is 8.69. The van der Waals surface area contributed by atoms with E-state index in [2.05, 4.69) is 38.2 Å². The second-order valence-electron chi connectivity index (χ2n) is 10.6. The Labute approximate surface area is 258 Å². The summed E-state index contributed by atoms with van der Waals surface area (Å²) in [5, 5.41) is 20.4. The van der Waals surface area contributed by atoms with Crippen molar-refractivity contribution < 1.29 is 14.3 Å². The molecule has 44 heavy (non-hydrogen) atoms. The van der Waals surface area contributed by atoms with E-state index in [0.717, 1.165) is 54.9 Å². The standard InChI is InChI=1S/C36H27FN4O2S/c1-21-7-14-32-30(17-21)33(34-31(20-38)39-15-16-40-34)35(41(32)44-28-11-8-24(9-12-28)23(3)37)26-6-4-5-25(19-26)29-13-10-27(36(42)43)18-22(29)2/h4-19,23H,1-3H3,(H,42,43). The van der Waals surface area contributed by atoms with Crippen LogP contribution in [0.3, 0.4) is 0 Å². The molecule has 0 spiro atoms. The molecule has 6 rings (SSSR count). The van der Waals surface area contributed by atoms with Crippen molar-refractivity contribution >= 4 is 28.8 Å². The highest BCUT2D eigenvalue weighted by Gasteiger charge is 2.25. The summed E-state index contributed by atoms with van der Waals surface area (Å²) in [7, 11) is 0. The summed E-state index contributed by atoms with van der Waals surface area (Å²) < 4.78 is 16.1. The lowest BCUT2D eigenvalue weighted by Gasteiger charge is -2.14. The molecule has 0 radical (unpaired) electrons. The van der Waals surface area contributed by atoms with Crippen molar-refractivity contribution in [3.05, 3.63) is 125 Å². The molecule has 6 aromatic rings. The summed E-state index contributed by atoms with van der Waals surface area (Å²) in [6.07, 6.45) is 2.04. The van der Waals surface area contributed by atoms with Gasteiger partial charge in [-0.3, -0.25) is 8.96 Å². The number of alkyl halides is 1. The second-order valence-corrected chi connectivity index (χ2v) is 11.6. The van der Waals surface area contributed by atoms with Gasteiger partial charge in [0.1, 0.15) is 17.9 Å². The molecule has 0 saturated heterocycles. The summed E-state index contributed by atoms with van der Waals surface area (Å²) in [4.78, 5) is 21.5. The molecule has 2 aromatic heterocycles. The second kappa shape index (κ2) is 11.8. The zero-order chi connectivity index (χ0) is 31.0. The first kappa shape index (κ1) is 28.8. The Kier molecular flexibility index (Phi) is 7.73. The first-order valence-electron chi connectivity index (χ1n) is 14.0. The number of fused-ring (bicyclic) bond motifs is 1. The molecule has 2 heterocycles. The fourth-order valence-electron chi connectivity index (χ4n) is 5.43. The van der Waals surface area contributed by atoms with E-state index in [0.29, 0.717) is 11.3 Å². The van der Waals surface area contributed by atoms with E-state index in [1.54, 1.807) is 30.5 Å². The van der Waals surface area contributed by atoms with E-state index in [1.807, 2.05) is 56.3 Å². The molecule has 0 aliphatic rings. The summed E-state index contributed by atoms with van der Waals surface area (Å²) in [6.45, 7) is 5.44. The normalized spacial score (nSPS) is 11.8. The largest absolute Gasteiger partial charge is 0.478 e. The van der Waals surface area contributed by atoms with Gasteiger partial charge in [0.25, 0.3) is 0 Å². The number of nitriles is 1. The third-order valence-electron chi connectivity index (χ3n) is 7.58. The zero-order valence-corrected chi connectivity index (χ0v) is 25.1. The smallest absolute Gasteiger partial charge is 0.335 e. The highest BCUT2D eigenvalue weighted by atomic mass is 32.2. The lowest BCUT2D eigenvalue weighted by molar-refractivity contribution is 0.0696. The van der Waals surface area contributed by atoms with Gasteiger partial charge < -0.3 is 5.11 Å². The maximum atomic E-state index is 14.0. The molecule has 1 atom stereocenters. The molecule has 0 aliphatic carbocycles. The number of hydrogen-bond donors (Lipinski definition) is 1. The number of carboxylic acid groups (broad SMARTS) is 1. The van der Waals surface area contributed by atoms with Gasteiger partial charge in [-0.15, -0.1) is 0 Å². The Morgan fingerprint density at radius 3 is 2.41 bits per heavy atom. The Hall–Kier alpha value is -5.26. The molecule has 0 amide bonds. The van der Waals surface area contributed by atoms with Crippen LogP contribution in [-0.2, 0) is 0 Å². The summed E-state index contributed by atoms with van der Waals surface area (Å²) >= 11 is 1.50. The van der Waals surface area contributed by atoms with E-state index < -0.39 is 12.1 Å². The topological polar surface area (TPSA) is 91.8 Å². The minimum Gasteiger partial charge on any atom is -0.478 e. The number of aromatic nitrogens is 3. The van der Waals surface area contributed by atoms with Gasteiger partial charge in [-0.05, 0) is 97.4 Å². The Balaban J connectivity index is 1.63. The quantitative estimate of drug-likeness (QED) is 0.197. The van der Waals surface area contributed by atoms with Crippen LogP contribution in [-0.4, -0.2) is 25.0 Å². The van der Waals surface area contributed by atoms with Crippen molar-refractivity contribution in [3.63, 3.8) is 0 Å². The fourth-order valence-corrected chi connectivity index (χ4v) is 6.44. The minimum absolute atomic E-state index is 0.219. The lowest BCUT2D eigenvalue weighted by atomic mass is 9.94. The molecule has 216 valence electrons. The Bertz CT molecular complexity index is 2100. The third-order valence-corrected chi connectivity index (χ3v) is 8.62. The molecule has 0 fully saturated rings. The van der Waals surface area contributed by atoms with E-state index >= 15 is 0 Å². The SMILES string of the molecule is Cc1ccc2c(c1)c(-c1nccnc1C#N)c(-c1cccc(-c3ccc(C(=O)O)cc3C)c1)n2Sc1ccc(C(C)F)cc1. The van der Waals surface area contributed by atoms with Gasteiger partial charge in [-0.1, -0.05) is 48.0 Å². The van der Waals surface area contributed by atoms with E-state index in [4.69, 9.17) is 0 Å². The molecular weight excluding hydrogens is 571 g/mol. The molecule has 4 aromatic carbocycles. The van der Waals surface area contributed by atoms with E-state index in [-0.39, 0.29) is 11.3 Å². The number of hydrogen-bond acceptors (Lipinski definition) is 5. The van der Waals surface area contributed by atoms with E-state index in [9.17, 15) is 19.6 Å². The van der Waals surface area contributed by atoms with Gasteiger partial charge >= 0.3 is 5.97 Å². The highest BCUT2D eigenvalue weighted by Crippen LogP contribution is 2.45. The van der Waals surface area contributed by atoms with Gasteiger partial charge in [0.2, 0.25) is 0 Å². The minimum atomic E-state index is -1.07. The third kappa shape index (κ3) is 5.34. The average Bonchev–Trinajstić information content (AvgIpc) is 3.33. The van der Waals surface area contributed by atoms with Crippen LogP contribution in [0.15, 0.2) is 102 Å². The molecular formula is C36H27FN4O2S. The maximum Gasteiger partial charge on any atom is 0.335 e. The highest BCUT2D eigenvalue weighted by molar-refractivity contribution is 7.98. The molecule has 1 unspecified atom stereocenters. The van der Waals surface area contributed by atoms with Crippen molar-refractivity contribution in [3.8, 4) is 39.7 Å². The van der Waals surface area contributed by atoms with E-state index in [1.165, 1.54) is 25.1 Å². The van der Waals surface area contributed by atoms with Crippen LogP contribution in [0.2, 0.25) is 0 Å². The number of aryl methyl sites for hydroxylation is 2. The van der Waals surface area contributed by atoms with Gasteiger partial charge in [0, 0.05) is 33.8 Å². The zero-order valence-electron chi connectivity index (χ0n) is 24.2. The van der Waals surface area contributed by atoms with Crippen LogP contribution in [0, 0.1) is 25.2 Å². The predicted molar refractivity (Wildman–Crippen MR) is 172 cm³/mol. The Morgan fingerprint density at radius 1 is 0.955 bits per heavy atom. The summed E-state index contributed by atoms with van der Waals surface area (Å²) in [6, 6.07) is 29.0. The fraction of sp³-hybridized carbons (Fsp3) is 0.111. The molecule has 8 heteroatoms. The Morgan fingerprint density at radius 2 is 1.70 bits per heavy atom. The number of carbonyl (C=O) groups is 1. The van der Waals surface area contributed by atoms with Gasteiger partial charge in [0.15, 0.2) is 5.69 Å². The van der Waals surface area contributed by atoms with Crippen LogP contribution in [0.5, 0.6) is 0 Å². The van der Waals surface area contributed by atoms with Crippen molar-refractivity contribution in [1.82, 2.24) is 13.9 Å². The van der Waals surface area contributed by atoms with Crippen molar-refractivity contribution in [2.24, 2.45) is 0 Å². The van der Waals surface area contributed by atoms with Gasteiger partial charge in [-0.2, -0.15) is 5.26 Å². The monoisotopic (exact) mass is 598 g/mol. The summed E-state index contributed by atoms with van der Waals surface area (Å²) in [5.74, 6) is -0.971.